The highest BCUT2D eigenvalue weighted by molar-refractivity contribution is 7.12. The second-order valence-corrected chi connectivity index (χ2v) is 6.06. The van der Waals surface area contributed by atoms with Gasteiger partial charge in [0.05, 0.1) is 6.61 Å². The highest BCUT2D eigenvalue weighted by atomic mass is 32.1. The number of benzene rings is 1. The lowest BCUT2D eigenvalue weighted by molar-refractivity contribution is 0.0236. The second-order valence-electron chi connectivity index (χ2n) is 4.74. The Morgan fingerprint density at radius 2 is 1.89 bits per heavy atom. The minimum absolute atomic E-state index is 0.0103. The van der Waals surface area contributed by atoms with E-state index in [9.17, 15) is 0 Å². The molecule has 2 rings (SSSR count). The SMILES string of the molecule is CCC(N)C(OCc1ccccc1)c1ccc(C)s1. The predicted molar refractivity (Wildman–Crippen MR) is 81.3 cm³/mol. The lowest BCUT2D eigenvalue weighted by Crippen LogP contribution is -2.29. The molecule has 0 aliphatic heterocycles. The van der Waals surface area contributed by atoms with Crippen molar-refractivity contribution in [1.82, 2.24) is 0 Å². The summed E-state index contributed by atoms with van der Waals surface area (Å²) in [5.74, 6) is 0. The highest BCUT2D eigenvalue weighted by Crippen LogP contribution is 2.29. The molecule has 1 aromatic carbocycles. The number of hydrogen-bond donors (Lipinski definition) is 1. The van der Waals surface area contributed by atoms with Gasteiger partial charge in [-0.3, -0.25) is 0 Å². The first-order chi connectivity index (χ1) is 9.20. The molecule has 0 bridgehead atoms. The van der Waals surface area contributed by atoms with Gasteiger partial charge in [-0.2, -0.15) is 0 Å². The summed E-state index contributed by atoms with van der Waals surface area (Å²) in [5.41, 5.74) is 7.39. The van der Waals surface area contributed by atoms with Crippen molar-refractivity contribution in [3.05, 3.63) is 57.8 Å². The number of nitrogens with two attached hydrogens (primary N) is 1. The van der Waals surface area contributed by atoms with Crippen molar-refractivity contribution in [3.63, 3.8) is 0 Å². The zero-order valence-corrected chi connectivity index (χ0v) is 12.3. The van der Waals surface area contributed by atoms with E-state index in [0.717, 1.165) is 6.42 Å². The average Bonchev–Trinajstić information content (AvgIpc) is 2.86. The van der Waals surface area contributed by atoms with Gasteiger partial charge in [0.2, 0.25) is 0 Å². The van der Waals surface area contributed by atoms with Crippen LogP contribution in [0.25, 0.3) is 0 Å². The molecule has 1 aromatic heterocycles. The van der Waals surface area contributed by atoms with Gasteiger partial charge in [0.15, 0.2) is 0 Å². The van der Waals surface area contributed by atoms with Crippen molar-refractivity contribution < 1.29 is 4.74 Å². The summed E-state index contributed by atoms with van der Waals surface area (Å²) < 4.78 is 6.07. The van der Waals surface area contributed by atoms with Crippen molar-refractivity contribution in [2.24, 2.45) is 5.73 Å². The van der Waals surface area contributed by atoms with E-state index < -0.39 is 0 Å². The number of aryl methyl sites for hydroxylation is 1. The van der Waals surface area contributed by atoms with E-state index in [4.69, 9.17) is 10.5 Å². The van der Waals surface area contributed by atoms with Crippen LogP contribution in [-0.4, -0.2) is 6.04 Å². The maximum absolute atomic E-state index is 6.20. The second kappa shape index (κ2) is 6.85. The lowest BCUT2D eigenvalue weighted by atomic mass is 10.1. The molecule has 2 atom stereocenters. The van der Waals surface area contributed by atoms with E-state index in [1.165, 1.54) is 15.3 Å². The van der Waals surface area contributed by atoms with Crippen LogP contribution in [0.3, 0.4) is 0 Å². The van der Waals surface area contributed by atoms with Crippen molar-refractivity contribution >= 4 is 11.3 Å². The van der Waals surface area contributed by atoms with Crippen LogP contribution in [0.15, 0.2) is 42.5 Å². The minimum Gasteiger partial charge on any atom is -0.366 e. The fraction of sp³-hybridized carbons (Fsp3) is 0.375. The maximum atomic E-state index is 6.20. The summed E-state index contributed by atoms with van der Waals surface area (Å²) >= 11 is 1.77. The molecular formula is C16H21NOS. The minimum atomic E-state index is -0.0103. The Morgan fingerprint density at radius 3 is 2.47 bits per heavy atom. The molecule has 2 N–H and O–H groups in total. The third-order valence-corrected chi connectivity index (χ3v) is 4.24. The summed E-state index contributed by atoms with van der Waals surface area (Å²) in [6.07, 6.45) is 0.903. The van der Waals surface area contributed by atoms with E-state index in [0.29, 0.717) is 6.61 Å². The molecule has 2 aromatic rings. The number of hydrogen-bond acceptors (Lipinski definition) is 3. The van der Waals surface area contributed by atoms with Gasteiger partial charge in [0, 0.05) is 15.8 Å². The molecule has 0 amide bonds. The topological polar surface area (TPSA) is 35.2 Å². The molecule has 0 aliphatic carbocycles. The normalized spacial score (nSPS) is 14.3. The third-order valence-electron chi connectivity index (χ3n) is 3.17. The van der Waals surface area contributed by atoms with E-state index in [2.05, 4.69) is 38.1 Å². The molecule has 102 valence electrons. The zero-order chi connectivity index (χ0) is 13.7. The van der Waals surface area contributed by atoms with Gasteiger partial charge < -0.3 is 10.5 Å². The molecule has 3 heteroatoms. The summed E-state index contributed by atoms with van der Waals surface area (Å²) in [7, 11) is 0. The first kappa shape index (κ1) is 14.3. The zero-order valence-electron chi connectivity index (χ0n) is 11.5. The van der Waals surface area contributed by atoms with Gasteiger partial charge in [-0.05, 0) is 31.0 Å². The van der Waals surface area contributed by atoms with Crippen molar-refractivity contribution in [2.75, 3.05) is 0 Å². The van der Waals surface area contributed by atoms with E-state index >= 15 is 0 Å². The Kier molecular flexibility index (Phi) is 5.14. The third kappa shape index (κ3) is 3.90. The standard InChI is InChI=1S/C16H21NOS/c1-3-14(17)16(15-10-9-12(2)19-15)18-11-13-7-5-4-6-8-13/h4-10,14,16H,3,11,17H2,1-2H3. The van der Waals surface area contributed by atoms with Crippen LogP contribution in [0.5, 0.6) is 0 Å². The molecule has 0 fully saturated rings. The fourth-order valence-electron chi connectivity index (χ4n) is 2.00. The molecule has 2 unspecified atom stereocenters. The first-order valence-electron chi connectivity index (χ1n) is 6.68. The van der Waals surface area contributed by atoms with Crippen LogP contribution in [0.1, 0.15) is 34.8 Å². The molecule has 19 heavy (non-hydrogen) atoms. The molecule has 0 aliphatic rings. The van der Waals surface area contributed by atoms with Crippen LogP contribution in [0, 0.1) is 6.92 Å². The Hall–Kier alpha value is -1.16. The number of thiophene rings is 1. The summed E-state index contributed by atoms with van der Waals surface area (Å²) in [4.78, 5) is 2.52. The summed E-state index contributed by atoms with van der Waals surface area (Å²) in [5, 5.41) is 0. The molecule has 1 heterocycles. The quantitative estimate of drug-likeness (QED) is 0.863. The first-order valence-corrected chi connectivity index (χ1v) is 7.49. The lowest BCUT2D eigenvalue weighted by Gasteiger charge is -2.22. The number of rotatable bonds is 6. The van der Waals surface area contributed by atoms with Crippen LogP contribution in [0.2, 0.25) is 0 Å². The Morgan fingerprint density at radius 1 is 1.16 bits per heavy atom. The van der Waals surface area contributed by atoms with Crippen LogP contribution < -0.4 is 5.73 Å². The van der Waals surface area contributed by atoms with Crippen LogP contribution >= 0.6 is 11.3 Å². The monoisotopic (exact) mass is 275 g/mol. The van der Waals surface area contributed by atoms with Crippen LogP contribution in [0.4, 0.5) is 0 Å². The van der Waals surface area contributed by atoms with Gasteiger partial charge in [0.25, 0.3) is 0 Å². The van der Waals surface area contributed by atoms with Gasteiger partial charge in [-0.1, -0.05) is 37.3 Å². The summed E-state index contributed by atoms with van der Waals surface area (Å²) in [6, 6.07) is 14.5. The van der Waals surface area contributed by atoms with Gasteiger partial charge in [-0.25, -0.2) is 0 Å². The predicted octanol–water partition coefficient (Wildman–Crippen LogP) is 4.05. The highest BCUT2D eigenvalue weighted by Gasteiger charge is 2.20. The average molecular weight is 275 g/mol. The molecule has 0 saturated carbocycles. The van der Waals surface area contributed by atoms with Crippen molar-refractivity contribution in [3.8, 4) is 0 Å². The number of ether oxygens (including phenoxy) is 1. The van der Waals surface area contributed by atoms with Crippen molar-refractivity contribution in [2.45, 2.75) is 39.0 Å². The maximum Gasteiger partial charge on any atom is 0.107 e. The van der Waals surface area contributed by atoms with Gasteiger partial charge in [0.1, 0.15) is 6.10 Å². The largest absolute Gasteiger partial charge is 0.366 e. The van der Waals surface area contributed by atoms with Crippen LogP contribution in [-0.2, 0) is 11.3 Å². The smallest absolute Gasteiger partial charge is 0.107 e. The Balaban J connectivity index is 2.06. The van der Waals surface area contributed by atoms with E-state index in [1.54, 1.807) is 11.3 Å². The molecule has 2 nitrogen and oxygen atoms in total. The summed E-state index contributed by atoms with van der Waals surface area (Å²) in [6.45, 7) is 4.82. The van der Waals surface area contributed by atoms with Gasteiger partial charge in [-0.15, -0.1) is 11.3 Å². The Labute approximate surface area is 119 Å². The van der Waals surface area contributed by atoms with E-state index in [1.807, 2.05) is 18.2 Å². The molecule has 0 radical (unpaired) electrons. The molecular weight excluding hydrogens is 254 g/mol. The molecule has 0 saturated heterocycles. The van der Waals surface area contributed by atoms with E-state index in [-0.39, 0.29) is 12.1 Å². The fourth-order valence-corrected chi connectivity index (χ4v) is 3.00. The van der Waals surface area contributed by atoms with Gasteiger partial charge >= 0.3 is 0 Å². The molecule has 0 spiro atoms. The van der Waals surface area contributed by atoms with Crippen molar-refractivity contribution in [1.29, 1.82) is 0 Å². The Bertz CT molecular complexity index is 494.